The van der Waals surface area contributed by atoms with E-state index >= 15 is 0 Å². The lowest BCUT2D eigenvalue weighted by Gasteiger charge is -2.19. The van der Waals surface area contributed by atoms with Gasteiger partial charge in [-0.1, -0.05) is 39.0 Å². The predicted octanol–water partition coefficient (Wildman–Crippen LogP) is 4.55. The number of rotatable bonds is 2. The molecule has 0 atom stereocenters. The average Bonchev–Trinajstić information content (AvgIpc) is 2.41. The van der Waals surface area contributed by atoms with Crippen molar-refractivity contribution in [1.29, 1.82) is 0 Å². The molecule has 0 aliphatic rings. The Morgan fingerprint density at radius 1 is 1.05 bits per heavy atom. The molecule has 0 spiro atoms. The Morgan fingerprint density at radius 2 is 1.64 bits per heavy atom. The van der Waals surface area contributed by atoms with Crippen LogP contribution >= 0.6 is 12.4 Å². The van der Waals surface area contributed by atoms with E-state index in [0.717, 1.165) is 11.3 Å². The molecular weight excluding hydrogens is 296 g/mol. The van der Waals surface area contributed by atoms with Gasteiger partial charge < -0.3 is 11.1 Å². The second-order valence-corrected chi connectivity index (χ2v) is 6.36. The molecule has 3 nitrogen and oxygen atoms in total. The SMILES string of the molecule is Cc1ccc(N)cc1C(=O)Nc1ccc(C(C)(C)C)cc1.Cl. The molecular formula is C18H23ClN2O. The topological polar surface area (TPSA) is 55.1 Å². The summed E-state index contributed by atoms with van der Waals surface area (Å²) in [5, 5.41) is 2.91. The number of hydrogen-bond acceptors (Lipinski definition) is 2. The van der Waals surface area contributed by atoms with Gasteiger partial charge in [0.2, 0.25) is 0 Å². The summed E-state index contributed by atoms with van der Waals surface area (Å²) in [7, 11) is 0. The number of halogens is 1. The van der Waals surface area contributed by atoms with E-state index in [4.69, 9.17) is 5.73 Å². The summed E-state index contributed by atoms with van der Waals surface area (Å²) in [6, 6.07) is 13.3. The highest BCUT2D eigenvalue weighted by molar-refractivity contribution is 6.05. The van der Waals surface area contributed by atoms with Crippen LogP contribution in [0.1, 0.15) is 42.3 Å². The van der Waals surface area contributed by atoms with Crippen LogP contribution in [0.15, 0.2) is 42.5 Å². The third-order valence-electron chi connectivity index (χ3n) is 3.52. The first-order chi connectivity index (χ1) is 9.77. The quantitative estimate of drug-likeness (QED) is 0.798. The molecule has 2 aromatic rings. The summed E-state index contributed by atoms with van der Waals surface area (Å²) in [6.45, 7) is 8.39. The summed E-state index contributed by atoms with van der Waals surface area (Å²) in [4.78, 5) is 12.3. The van der Waals surface area contributed by atoms with Crippen LogP contribution in [0.3, 0.4) is 0 Å². The molecule has 0 saturated carbocycles. The molecule has 0 aliphatic heterocycles. The summed E-state index contributed by atoms with van der Waals surface area (Å²) in [5.74, 6) is -0.136. The van der Waals surface area contributed by atoms with E-state index in [-0.39, 0.29) is 23.7 Å². The van der Waals surface area contributed by atoms with Crippen molar-refractivity contribution in [2.75, 3.05) is 11.1 Å². The number of nitrogens with one attached hydrogen (secondary N) is 1. The van der Waals surface area contributed by atoms with E-state index < -0.39 is 0 Å². The van der Waals surface area contributed by atoms with E-state index in [1.54, 1.807) is 12.1 Å². The van der Waals surface area contributed by atoms with Crippen LogP contribution in [0.25, 0.3) is 0 Å². The second kappa shape index (κ2) is 6.84. The maximum Gasteiger partial charge on any atom is 0.256 e. The van der Waals surface area contributed by atoms with E-state index in [9.17, 15) is 4.79 Å². The smallest absolute Gasteiger partial charge is 0.256 e. The number of nitrogen functional groups attached to an aromatic ring is 1. The van der Waals surface area contributed by atoms with Crippen LogP contribution in [-0.2, 0) is 5.41 Å². The molecule has 0 fully saturated rings. The molecule has 0 unspecified atom stereocenters. The molecule has 0 heterocycles. The maximum absolute atomic E-state index is 12.3. The van der Waals surface area contributed by atoms with Gasteiger partial charge in [0.05, 0.1) is 0 Å². The Labute approximate surface area is 138 Å². The van der Waals surface area contributed by atoms with Crippen molar-refractivity contribution in [2.45, 2.75) is 33.1 Å². The fraction of sp³-hybridized carbons (Fsp3) is 0.278. The average molecular weight is 319 g/mol. The number of carbonyl (C=O) groups is 1. The number of hydrogen-bond donors (Lipinski definition) is 2. The van der Waals surface area contributed by atoms with E-state index in [1.165, 1.54) is 5.56 Å². The summed E-state index contributed by atoms with van der Waals surface area (Å²) in [5.41, 5.74) is 9.98. The lowest BCUT2D eigenvalue weighted by Crippen LogP contribution is -2.14. The van der Waals surface area contributed by atoms with E-state index in [0.29, 0.717) is 11.3 Å². The highest BCUT2D eigenvalue weighted by Crippen LogP contribution is 2.24. The van der Waals surface area contributed by atoms with Crippen LogP contribution < -0.4 is 11.1 Å². The molecule has 1 amide bonds. The minimum atomic E-state index is -0.136. The predicted molar refractivity (Wildman–Crippen MR) is 95.9 cm³/mol. The standard InChI is InChI=1S/C18H22N2O.ClH/c1-12-5-8-14(19)11-16(12)17(21)20-15-9-6-13(7-10-15)18(2,3)4;/h5-11H,19H2,1-4H3,(H,20,21);1H. The van der Waals surface area contributed by atoms with Crippen molar-refractivity contribution in [1.82, 2.24) is 0 Å². The molecule has 0 radical (unpaired) electrons. The lowest BCUT2D eigenvalue weighted by molar-refractivity contribution is 0.102. The zero-order valence-electron chi connectivity index (χ0n) is 13.4. The van der Waals surface area contributed by atoms with Gasteiger partial charge in [-0.3, -0.25) is 4.79 Å². The highest BCUT2D eigenvalue weighted by Gasteiger charge is 2.14. The van der Waals surface area contributed by atoms with Crippen molar-refractivity contribution in [2.24, 2.45) is 0 Å². The summed E-state index contributed by atoms with van der Waals surface area (Å²) >= 11 is 0. The highest BCUT2D eigenvalue weighted by atomic mass is 35.5. The van der Waals surface area contributed by atoms with Gasteiger partial charge in [0.15, 0.2) is 0 Å². The van der Waals surface area contributed by atoms with Gasteiger partial charge in [-0.05, 0) is 47.7 Å². The van der Waals surface area contributed by atoms with Gasteiger partial charge in [-0.15, -0.1) is 12.4 Å². The van der Waals surface area contributed by atoms with Crippen molar-refractivity contribution in [3.8, 4) is 0 Å². The van der Waals surface area contributed by atoms with Gasteiger partial charge >= 0.3 is 0 Å². The van der Waals surface area contributed by atoms with Gasteiger partial charge in [0.25, 0.3) is 5.91 Å². The number of benzene rings is 2. The van der Waals surface area contributed by atoms with Gasteiger partial charge in [0, 0.05) is 16.9 Å². The Bertz CT molecular complexity index is 658. The van der Waals surface area contributed by atoms with E-state index in [2.05, 4.69) is 26.1 Å². The molecule has 118 valence electrons. The third-order valence-corrected chi connectivity index (χ3v) is 3.52. The minimum absolute atomic E-state index is 0. The minimum Gasteiger partial charge on any atom is -0.399 e. The molecule has 0 aliphatic carbocycles. The molecule has 4 heteroatoms. The third kappa shape index (κ3) is 4.25. The molecule has 0 saturated heterocycles. The largest absolute Gasteiger partial charge is 0.399 e. The first kappa shape index (κ1) is 18.1. The molecule has 2 aromatic carbocycles. The zero-order chi connectivity index (χ0) is 15.6. The van der Waals surface area contributed by atoms with Crippen molar-refractivity contribution >= 4 is 29.7 Å². The monoisotopic (exact) mass is 318 g/mol. The second-order valence-electron chi connectivity index (χ2n) is 6.36. The van der Waals surface area contributed by atoms with Crippen LogP contribution in [0.4, 0.5) is 11.4 Å². The molecule has 3 N–H and O–H groups in total. The molecule has 0 aromatic heterocycles. The Morgan fingerprint density at radius 3 is 2.18 bits per heavy atom. The van der Waals surface area contributed by atoms with Crippen LogP contribution in [0.2, 0.25) is 0 Å². The van der Waals surface area contributed by atoms with Crippen LogP contribution in [0, 0.1) is 6.92 Å². The van der Waals surface area contributed by atoms with Crippen molar-refractivity contribution < 1.29 is 4.79 Å². The normalized spacial score (nSPS) is 10.7. The van der Waals surface area contributed by atoms with Gasteiger partial charge in [0.1, 0.15) is 0 Å². The number of aryl methyl sites for hydroxylation is 1. The summed E-state index contributed by atoms with van der Waals surface area (Å²) < 4.78 is 0. The molecule has 0 bridgehead atoms. The number of nitrogens with two attached hydrogens (primary N) is 1. The maximum atomic E-state index is 12.3. The van der Waals surface area contributed by atoms with Crippen molar-refractivity contribution in [3.05, 3.63) is 59.2 Å². The number of carbonyl (C=O) groups excluding carboxylic acids is 1. The summed E-state index contributed by atoms with van der Waals surface area (Å²) in [6.07, 6.45) is 0. The Balaban J connectivity index is 0.00000242. The zero-order valence-corrected chi connectivity index (χ0v) is 14.3. The first-order valence-corrected chi connectivity index (χ1v) is 7.05. The van der Waals surface area contributed by atoms with Crippen molar-refractivity contribution in [3.63, 3.8) is 0 Å². The van der Waals surface area contributed by atoms with Gasteiger partial charge in [-0.2, -0.15) is 0 Å². The van der Waals surface area contributed by atoms with Crippen LogP contribution in [-0.4, -0.2) is 5.91 Å². The number of anilines is 2. The molecule has 22 heavy (non-hydrogen) atoms. The first-order valence-electron chi connectivity index (χ1n) is 7.05. The van der Waals surface area contributed by atoms with E-state index in [1.807, 2.05) is 37.3 Å². The fourth-order valence-electron chi connectivity index (χ4n) is 2.14. The molecule has 2 rings (SSSR count). The Hall–Kier alpha value is -2.00. The number of amides is 1. The van der Waals surface area contributed by atoms with Gasteiger partial charge in [-0.25, -0.2) is 0 Å². The fourth-order valence-corrected chi connectivity index (χ4v) is 2.14. The van der Waals surface area contributed by atoms with Crippen LogP contribution in [0.5, 0.6) is 0 Å². The lowest BCUT2D eigenvalue weighted by atomic mass is 9.87. The Kier molecular flexibility index (Phi) is 5.61.